The van der Waals surface area contributed by atoms with Crippen LogP contribution in [-0.2, 0) is 24.2 Å². The Morgan fingerprint density at radius 1 is 1.00 bits per heavy atom. The molecule has 8 heteroatoms. The van der Waals surface area contributed by atoms with Crippen LogP contribution in [0.4, 0.5) is 0 Å². The number of hydrogen-bond donors (Lipinski definition) is 2. The summed E-state index contributed by atoms with van der Waals surface area (Å²) in [4.78, 5) is 58.3. The molecule has 0 radical (unpaired) electrons. The van der Waals surface area contributed by atoms with Gasteiger partial charge in [-0.25, -0.2) is 4.79 Å². The summed E-state index contributed by atoms with van der Waals surface area (Å²) in [5, 5.41) is 18.9. The second kappa shape index (κ2) is 7.77. The van der Waals surface area contributed by atoms with Crippen molar-refractivity contribution in [3.63, 3.8) is 0 Å². The monoisotopic (exact) mass is 388 g/mol. The molecule has 1 aromatic rings. The van der Waals surface area contributed by atoms with Crippen molar-refractivity contribution in [1.29, 1.82) is 0 Å². The summed E-state index contributed by atoms with van der Waals surface area (Å²) in [5.74, 6) is -5.01. The van der Waals surface area contributed by atoms with Crippen molar-refractivity contribution in [3.05, 3.63) is 59.2 Å². The van der Waals surface area contributed by atoms with Crippen molar-refractivity contribution in [2.24, 2.45) is 5.41 Å². The van der Waals surface area contributed by atoms with Crippen LogP contribution in [-0.4, -0.2) is 39.5 Å². The van der Waals surface area contributed by atoms with E-state index in [9.17, 15) is 29.4 Å². The molecule has 0 aromatic heterocycles. The normalized spacial score (nSPS) is 15.8. The first-order chi connectivity index (χ1) is 13.0. The first-order valence-corrected chi connectivity index (χ1v) is 8.37. The highest BCUT2D eigenvalue weighted by Gasteiger charge is 2.49. The number of benzene rings is 1. The van der Waals surface area contributed by atoms with Gasteiger partial charge >= 0.3 is 17.9 Å². The van der Waals surface area contributed by atoms with Crippen LogP contribution in [0, 0.1) is 5.41 Å². The molecule has 0 unspecified atom stereocenters. The van der Waals surface area contributed by atoms with Gasteiger partial charge in [-0.2, -0.15) is 4.89 Å². The Labute approximate surface area is 161 Å². The van der Waals surface area contributed by atoms with Crippen LogP contribution in [0.2, 0.25) is 0 Å². The second-order valence-corrected chi connectivity index (χ2v) is 7.25. The lowest BCUT2D eigenvalue weighted by Gasteiger charge is -2.27. The van der Waals surface area contributed by atoms with Gasteiger partial charge in [-0.3, -0.25) is 19.3 Å². The molecule has 1 aliphatic rings. The number of carboxylic acid groups (broad SMARTS) is 2. The van der Waals surface area contributed by atoms with E-state index < -0.39 is 41.1 Å². The molecular weight excluding hydrogens is 368 g/mol. The van der Waals surface area contributed by atoms with E-state index in [1.807, 2.05) is 0 Å². The number of carbonyl (C=O) groups is 4. The van der Waals surface area contributed by atoms with E-state index >= 15 is 0 Å². The van der Waals surface area contributed by atoms with Crippen LogP contribution < -0.4 is 0 Å². The molecule has 148 valence electrons. The fourth-order valence-electron chi connectivity index (χ4n) is 2.50. The molecule has 0 heterocycles. The Balaban J connectivity index is 2.51. The molecule has 0 bridgehead atoms. The molecule has 28 heavy (non-hydrogen) atoms. The molecule has 2 N–H and O–H groups in total. The largest absolute Gasteiger partial charge is 0.480 e. The molecule has 0 spiro atoms. The van der Waals surface area contributed by atoms with Crippen LogP contribution in [0.1, 0.15) is 37.6 Å². The highest BCUT2D eigenvalue weighted by molar-refractivity contribution is 6.16. The lowest BCUT2D eigenvalue weighted by Crippen LogP contribution is -2.41. The van der Waals surface area contributed by atoms with Crippen molar-refractivity contribution in [3.8, 4) is 0 Å². The SMILES string of the molecule is CC(C)(C)OOC(=O)C1=C(C(=O)c2ccccc2)C=CC(C(=O)O)(C(=O)O)C1. The first-order valence-electron chi connectivity index (χ1n) is 8.37. The molecule has 0 saturated heterocycles. The van der Waals surface area contributed by atoms with E-state index in [1.54, 1.807) is 39.0 Å². The van der Waals surface area contributed by atoms with E-state index in [1.165, 1.54) is 12.1 Å². The zero-order valence-electron chi connectivity index (χ0n) is 15.6. The lowest BCUT2D eigenvalue weighted by molar-refractivity contribution is -0.317. The van der Waals surface area contributed by atoms with Crippen LogP contribution in [0.3, 0.4) is 0 Å². The van der Waals surface area contributed by atoms with Crippen LogP contribution in [0.25, 0.3) is 0 Å². The third-order valence-corrected chi connectivity index (χ3v) is 3.97. The first kappa shape index (κ1) is 21.0. The number of rotatable bonds is 6. The van der Waals surface area contributed by atoms with E-state index in [-0.39, 0.29) is 16.7 Å². The van der Waals surface area contributed by atoms with Crippen molar-refractivity contribution >= 4 is 23.7 Å². The Kier molecular flexibility index (Phi) is 5.84. The summed E-state index contributed by atoms with van der Waals surface area (Å²) in [7, 11) is 0. The van der Waals surface area contributed by atoms with Gasteiger partial charge in [-0.1, -0.05) is 42.5 Å². The number of aliphatic carboxylic acids is 2. The maximum Gasteiger partial charge on any atom is 0.369 e. The smallest absolute Gasteiger partial charge is 0.369 e. The summed E-state index contributed by atoms with van der Waals surface area (Å²) < 4.78 is 0. The van der Waals surface area contributed by atoms with E-state index in [2.05, 4.69) is 0 Å². The lowest BCUT2D eigenvalue weighted by atomic mass is 9.75. The predicted molar refractivity (Wildman–Crippen MR) is 96.2 cm³/mol. The van der Waals surface area contributed by atoms with Gasteiger partial charge in [0.25, 0.3) is 0 Å². The Bertz CT molecular complexity index is 857. The Morgan fingerprint density at radius 2 is 1.57 bits per heavy atom. The molecule has 1 aliphatic carbocycles. The van der Waals surface area contributed by atoms with Gasteiger partial charge in [-0.05, 0) is 20.8 Å². The standard InChI is InChI=1S/C20H20O8/c1-19(2,3)28-27-16(22)14-11-20(17(23)24,18(25)26)10-9-13(14)15(21)12-7-5-4-6-8-12/h4-10H,11H2,1-3H3,(H,23,24)(H,25,26). The summed E-state index contributed by atoms with van der Waals surface area (Å²) in [6.07, 6.45) is 1.18. The van der Waals surface area contributed by atoms with Gasteiger partial charge in [0.1, 0.15) is 5.60 Å². The average molecular weight is 388 g/mol. The molecule has 2 rings (SSSR count). The number of allylic oxidation sites excluding steroid dienone is 2. The fourth-order valence-corrected chi connectivity index (χ4v) is 2.50. The van der Waals surface area contributed by atoms with Crippen molar-refractivity contribution < 1.29 is 39.2 Å². The Hall–Kier alpha value is -3.26. The zero-order chi connectivity index (χ0) is 21.1. The Morgan fingerprint density at radius 3 is 2.07 bits per heavy atom. The maximum absolute atomic E-state index is 12.8. The minimum absolute atomic E-state index is 0.146. The number of hydrogen-bond acceptors (Lipinski definition) is 6. The molecule has 0 amide bonds. The summed E-state index contributed by atoms with van der Waals surface area (Å²) >= 11 is 0. The quantitative estimate of drug-likeness (QED) is 0.329. The van der Waals surface area contributed by atoms with Crippen LogP contribution in [0.5, 0.6) is 0 Å². The minimum atomic E-state index is -2.39. The highest BCUT2D eigenvalue weighted by Crippen LogP contribution is 2.37. The van der Waals surface area contributed by atoms with Gasteiger partial charge in [0, 0.05) is 17.6 Å². The summed E-state index contributed by atoms with van der Waals surface area (Å²) in [6.45, 7) is 4.85. The molecule has 0 aliphatic heterocycles. The van der Waals surface area contributed by atoms with Gasteiger partial charge in [0.05, 0.1) is 5.57 Å². The third-order valence-electron chi connectivity index (χ3n) is 3.97. The van der Waals surface area contributed by atoms with Crippen LogP contribution >= 0.6 is 0 Å². The van der Waals surface area contributed by atoms with Crippen molar-refractivity contribution in [2.45, 2.75) is 32.8 Å². The van der Waals surface area contributed by atoms with Crippen molar-refractivity contribution in [1.82, 2.24) is 0 Å². The predicted octanol–water partition coefficient (Wildman–Crippen LogP) is 2.55. The molecule has 0 saturated carbocycles. The molecule has 8 nitrogen and oxygen atoms in total. The van der Waals surface area contributed by atoms with Gasteiger partial charge in [-0.15, -0.1) is 0 Å². The number of carbonyl (C=O) groups excluding carboxylic acids is 2. The van der Waals surface area contributed by atoms with Gasteiger partial charge in [0.15, 0.2) is 11.2 Å². The van der Waals surface area contributed by atoms with Gasteiger partial charge < -0.3 is 10.2 Å². The summed E-state index contributed by atoms with van der Waals surface area (Å²) in [5.41, 5.74) is -3.53. The molecule has 0 fully saturated rings. The molecule has 0 atom stereocenters. The zero-order valence-corrected chi connectivity index (χ0v) is 15.6. The summed E-state index contributed by atoms with van der Waals surface area (Å²) in [6, 6.07) is 8.00. The average Bonchev–Trinajstić information content (AvgIpc) is 2.64. The minimum Gasteiger partial charge on any atom is -0.480 e. The van der Waals surface area contributed by atoms with E-state index in [0.29, 0.717) is 0 Å². The molecule has 1 aromatic carbocycles. The van der Waals surface area contributed by atoms with E-state index in [0.717, 1.165) is 12.2 Å². The van der Waals surface area contributed by atoms with Crippen LogP contribution in [0.15, 0.2) is 53.6 Å². The fraction of sp³-hybridized carbons (Fsp3) is 0.300. The highest BCUT2D eigenvalue weighted by atomic mass is 17.2. The number of ketones is 1. The second-order valence-electron chi connectivity index (χ2n) is 7.25. The number of carboxylic acids is 2. The van der Waals surface area contributed by atoms with E-state index in [4.69, 9.17) is 9.78 Å². The topological polar surface area (TPSA) is 127 Å². The maximum atomic E-state index is 12.8. The van der Waals surface area contributed by atoms with Gasteiger partial charge in [0.2, 0.25) is 0 Å². The molecular formula is C20H20O8. The number of Topliss-reactive ketones (excluding diaryl/α,β-unsaturated/α-hetero) is 1. The van der Waals surface area contributed by atoms with Crippen molar-refractivity contribution in [2.75, 3.05) is 0 Å². The third kappa shape index (κ3) is 4.34.